The van der Waals surface area contributed by atoms with Gasteiger partial charge < -0.3 is 4.90 Å². The van der Waals surface area contributed by atoms with Crippen molar-refractivity contribution in [3.63, 3.8) is 0 Å². The Hall–Kier alpha value is -1.28. The molecule has 1 aromatic heterocycles. The second-order valence-electron chi connectivity index (χ2n) is 5.77. The summed E-state index contributed by atoms with van der Waals surface area (Å²) in [4.78, 5) is 7.06. The maximum atomic E-state index is 6.08. The summed E-state index contributed by atoms with van der Waals surface area (Å²) in [7, 11) is 0. The minimum atomic E-state index is 0.578. The van der Waals surface area contributed by atoms with Crippen molar-refractivity contribution >= 4 is 28.2 Å². The van der Waals surface area contributed by atoms with Gasteiger partial charge in [0.2, 0.25) is 0 Å². The molecular formula is C17H21ClN2. The van der Waals surface area contributed by atoms with Gasteiger partial charge in [0, 0.05) is 34.4 Å². The minimum absolute atomic E-state index is 0.578. The molecule has 2 aromatic rings. The van der Waals surface area contributed by atoms with Crippen molar-refractivity contribution in [1.29, 1.82) is 0 Å². The molecule has 1 saturated carbocycles. The van der Waals surface area contributed by atoms with Crippen LogP contribution in [0.25, 0.3) is 10.9 Å². The number of hydrogen-bond acceptors (Lipinski definition) is 2. The summed E-state index contributed by atoms with van der Waals surface area (Å²) >= 11 is 6.08. The van der Waals surface area contributed by atoms with Crippen LogP contribution in [0.4, 0.5) is 5.69 Å². The Bertz CT molecular complexity index is 607. The molecule has 0 bridgehead atoms. The van der Waals surface area contributed by atoms with Crippen molar-refractivity contribution < 1.29 is 0 Å². The summed E-state index contributed by atoms with van der Waals surface area (Å²) in [6.07, 6.45) is 6.98. The predicted octanol–water partition coefficient (Wildman–Crippen LogP) is 5.05. The Morgan fingerprint density at radius 1 is 1.35 bits per heavy atom. The fourth-order valence-electron chi connectivity index (χ4n) is 3.03. The molecule has 1 atom stereocenters. The third-order valence-corrected chi connectivity index (χ3v) is 4.32. The van der Waals surface area contributed by atoms with Crippen molar-refractivity contribution in [1.82, 2.24) is 4.98 Å². The summed E-state index contributed by atoms with van der Waals surface area (Å²) in [5.74, 6) is 0. The highest BCUT2D eigenvalue weighted by Gasteiger charge is 2.32. The lowest BCUT2D eigenvalue weighted by Gasteiger charge is -2.32. The molecule has 0 radical (unpaired) electrons. The third-order valence-electron chi connectivity index (χ3n) is 4.08. The molecule has 106 valence electrons. The summed E-state index contributed by atoms with van der Waals surface area (Å²) in [6.45, 7) is 4.59. The molecule has 1 aliphatic rings. The number of pyridine rings is 1. The molecule has 0 N–H and O–H groups in total. The van der Waals surface area contributed by atoms with Crippen LogP contribution in [-0.4, -0.2) is 17.1 Å². The Morgan fingerprint density at radius 2 is 2.15 bits per heavy atom. The zero-order valence-electron chi connectivity index (χ0n) is 12.1. The summed E-state index contributed by atoms with van der Waals surface area (Å²) in [6, 6.07) is 9.46. The van der Waals surface area contributed by atoms with E-state index >= 15 is 0 Å². The average Bonchev–Trinajstić information content (AvgIpc) is 3.24. The van der Waals surface area contributed by atoms with E-state index in [2.05, 4.69) is 35.9 Å². The molecule has 0 amide bonds. The van der Waals surface area contributed by atoms with Crippen LogP contribution in [0.1, 0.15) is 39.5 Å². The van der Waals surface area contributed by atoms with Gasteiger partial charge in [-0.15, -0.1) is 0 Å². The number of hydrogen-bond donors (Lipinski definition) is 0. The molecule has 0 aliphatic heterocycles. The third kappa shape index (κ3) is 2.62. The highest BCUT2D eigenvalue weighted by Crippen LogP contribution is 2.38. The number of fused-ring (bicyclic) bond motifs is 1. The molecule has 3 rings (SSSR count). The number of rotatable bonds is 5. The van der Waals surface area contributed by atoms with Gasteiger partial charge in [-0.1, -0.05) is 24.9 Å². The zero-order valence-corrected chi connectivity index (χ0v) is 12.9. The molecule has 0 saturated heterocycles. The van der Waals surface area contributed by atoms with Gasteiger partial charge in [-0.3, -0.25) is 4.98 Å². The molecule has 3 heteroatoms. The average molecular weight is 289 g/mol. The van der Waals surface area contributed by atoms with Gasteiger partial charge in [0.05, 0.1) is 5.52 Å². The summed E-state index contributed by atoms with van der Waals surface area (Å²) < 4.78 is 0. The number of anilines is 1. The Balaban J connectivity index is 2.06. The molecule has 20 heavy (non-hydrogen) atoms. The topological polar surface area (TPSA) is 16.1 Å². The quantitative estimate of drug-likeness (QED) is 0.766. The van der Waals surface area contributed by atoms with Gasteiger partial charge in [0.15, 0.2) is 0 Å². The van der Waals surface area contributed by atoms with Crippen molar-refractivity contribution in [2.24, 2.45) is 0 Å². The van der Waals surface area contributed by atoms with E-state index in [4.69, 9.17) is 11.6 Å². The molecule has 0 spiro atoms. The van der Waals surface area contributed by atoms with Crippen molar-refractivity contribution in [3.05, 3.63) is 35.5 Å². The molecule has 0 unspecified atom stereocenters. The fraction of sp³-hybridized carbons (Fsp3) is 0.471. The first kappa shape index (κ1) is 13.7. The van der Waals surface area contributed by atoms with Gasteiger partial charge in [-0.05, 0) is 50.5 Å². The molecule has 1 heterocycles. The van der Waals surface area contributed by atoms with E-state index in [9.17, 15) is 0 Å². The monoisotopic (exact) mass is 288 g/mol. The first-order chi connectivity index (χ1) is 9.70. The van der Waals surface area contributed by atoms with E-state index in [0.717, 1.165) is 10.5 Å². The second-order valence-corrected chi connectivity index (χ2v) is 6.20. The predicted molar refractivity (Wildman–Crippen MR) is 86.6 cm³/mol. The van der Waals surface area contributed by atoms with Crippen LogP contribution in [0.5, 0.6) is 0 Å². The van der Waals surface area contributed by atoms with Crippen LogP contribution in [-0.2, 0) is 0 Å². The van der Waals surface area contributed by atoms with Gasteiger partial charge in [0.1, 0.15) is 0 Å². The van der Waals surface area contributed by atoms with E-state index in [1.165, 1.54) is 36.8 Å². The van der Waals surface area contributed by atoms with E-state index in [0.29, 0.717) is 12.1 Å². The Labute approximate surface area is 125 Å². The van der Waals surface area contributed by atoms with Crippen LogP contribution >= 0.6 is 11.6 Å². The maximum absolute atomic E-state index is 6.08. The zero-order chi connectivity index (χ0) is 14.1. The molecular weight excluding hydrogens is 268 g/mol. The van der Waals surface area contributed by atoms with Gasteiger partial charge in [0.25, 0.3) is 0 Å². The largest absolute Gasteiger partial charge is 0.365 e. The van der Waals surface area contributed by atoms with E-state index in [-0.39, 0.29) is 0 Å². The number of halogens is 1. The van der Waals surface area contributed by atoms with Crippen LogP contribution < -0.4 is 4.90 Å². The molecule has 2 nitrogen and oxygen atoms in total. The van der Waals surface area contributed by atoms with Crippen LogP contribution in [0.3, 0.4) is 0 Å². The molecule has 1 aliphatic carbocycles. The number of benzene rings is 1. The van der Waals surface area contributed by atoms with Crippen molar-refractivity contribution in [2.45, 2.75) is 51.6 Å². The first-order valence-corrected chi connectivity index (χ1v) is 7.91. The van der Waals surface area contributed by atoms with Crippen LogP contribution in [0.15, 0.2) is 30.5 Å². The number of nitrogens with zero attached hydrogens (tertiary/aromatic N) is 2. The number of aromatic nitrogens is 1. The van der Waals surface area contributed by atoms with E-state index < -0.39 is 0 Å². The summed E-state index contributed by atoms with van der Waals surface area (Å²) in [5.41, 5.74) is 2.31. The second kappa shape index (κ2) is 5.61. The lowest BCUT2D eigenvalue weighted by molar-refractivity contribution is 0.578. The van der Waals surface area contributed by atoms with Gasteiger partial charge in [-0.2, -0.15) is 0 Å². The normalized spacial score (nSPS) is 16.4. The fourth-order valence-corrected chi connectivity index (χ4v) is 3.20. The lowest BCUT2D eigenvalue weighted by atomic mass is 10.1. The maximum Gasteiger partial charge on any atom is 0.0737 e. The standard InChI is InChI=1S/C17H21ClN2/c1-3-4-12(2)20(14-6-7-14)17-9-10-19-16-11-13(18)5-8-15(16)17/h5,8-12,14H,3-4,6-7H2,1-2H3/t12-/m0/s1. The molecule has 1 fully saturated rings. The Morgan fingerprint density at radius 3 is 2.85 bits per heavy atom. The minimum Gasteiger partial charge on any atom is -0.365 e. The van der Waals surface area contributed by atoms with Crippen molar-refractivity contribution in [3.8, 4) is 0 Å². The van der Waals surface area contributed by atoms with Crippen molar-refractivity contribution in [2.75, 3.05) is 4.90 Å². The smallest absolute Gasteiger partial charge is 0.0737 e. The van der Waals surface area contributed by atoms with Gasteiger partial charge >= 0.3 is 0 Å². The van der Waals surface area contributed by atoms with E-state index in [1.54, 1.807) is 0 Å². The highest BCUT2D eigenvalue weighted by atomic mass is 35.5. The lowest BCUT2D eigenvalue weighted by Crippen LogP contribution is -2.35. The van der Waals surface area contributed by atoms with Crippen LogP contribution in [0, 0.1) is 0 Å². The highest BCUT2D eigenvalue weighted by molar-refractivity contribution is 6.31. The summed E-state index contributed by atoms with van der Waals surface area (Å²) in [5, 5.41) is 1.97. The SMILES string of the molecule is CCC[C@H](C)N(c1ccnc2cc(Cl)ccc12)C1CC1. The van der Waals surface area contributed by atoms with Gasteiger partial charge in [-0.25, -0.2) is 0 Å². The first-order valence-electron chi connectivity index (χ1n) is 7.53. The Kier molecular flexibility index (Phi) is 3.84. The molecule has 1 aromatic carbocycles. The van der Waals surface area contributed by atoms with Crippen LogP contribution in [0.2, 0.25) is 5.02 Å². The van der Waals surface area contributed by atoms with E-state index in [1.807, 2.05) is 18.3 Å².